The van der Waals surface area contributed by atoms with Crippen LogP contribution in [0.5, 0.6) is 0 Å². The summed E-state index contributed by atoms with van der Waals surface area (Å²) in [5.41, 5.74) is 0. The molecular weight excluding hydrogens is 250 g/mol. The lowest BCUT2D eigenvalue weighted by Gasteiger charge is -2.23. The zero-order chi connectivity index (χ0) is 14.6. The summed E-state index contributed by atoms with van der Waals surface area (Å²) in [5, 5.41) is 3.54. The van der Waals surface area contributed by atoms with Gasteiger partial charge in [-0.25, -0.2) is 0 Å². The first-order valence-corrected chi connectivity index (χ1v) is 8.57. The maximum atomic E-state index is 5.62. The molecular formula is C16H35N3O. The Morgan fingerprint density at radius 1 is 1.00 bits per heavy atom. The highest BCUT2D eigenvalue weighted by atomic mass is 16.5. The van der Waals surface area contributed by atoms with E-state index in [0.29, 0.717) is 6.10 Å². The first-order valence-electron chi connectivity index (χ1n) is 8.57. The van der Waals surface area contributed by atoms with E-state index in [1.54, 1.807) is 0 Å². The van der Waals surface area contributed by atoms with E-state index in [1.807, 2.05) is 0 Å². The van der Waals surface area contributed by atoms with Gasteiger partial charge in [0.05, 0.1) is 6.10 Å². The van der Waals surface area contributed by atoms with E-state index in [1.165, 1.54) is 45.4 Å². The van der Waals surface area contributed by atoms with Crippen molar-refractivity contribution in [1.29, 1.82) is 0 Å². The molecule has 0 aromatic carbocycles. The van der Waals surface area contributed by atoms with Gasteiger partial charge < -0.3 is 19.9 Å². The van der Waals surface area contributed by atoms with E-state index in [2.05, 4.69) is 35.9 Å². The van der Waals surface area contributed by atoms with Crippen LogP contribution < -0.4 is 5.32 Å². The van der Waals surface area contributed by atoms with Crippen molar-refractivity contribution < 1.29 is 4.74 Å². The van der Waals surface area contributed by atoms with Crippen LogP contribution in [0.2, 0.25) is 0 Å². The molecule has 1 aliphatic heterocycles. The van der Waals surface area contributed by atoms with Crippen molar-refractivity contribution in [2.45, 2.75) is 46.1 Å². The van der Waals surface area contributed by atoms with Gasteiger partial charge in [0.25, 0.3) is 0 Å². The van der Waals surface area contributed by atoms with Crippen molar-refractivity contribution in [1.82, 2.24) is 15.1 Å². The van der Waals surface area contributed by atoms with E-state index in [4.69, 9.17) is 4.74 Å². The van der Waals surface area contributed by atoms with Crippen LogP contribution in [0.4, 0.5) is 0 Å². The van der Waals surface area contributed by atoms with Crippen LogP contribution in [0.3, 0.4) is 0 Å². The van der Waals surface area contributed by atoms with Gasteiger partial charge in [-0.05, 0) is 52.0 Å². The Labute approximate surface area is 125 Å². The molecule has 0 aromatic rings. The summed E-state index contributed by atoms with van der Waals surface area (Å²) in [6.07, 6.45) is 4.21. The number of ether oxygens (including phenoxy) is 1. The monoisotopic (exact) mass is 285 g/mol. The molecule has 20 heavy (non-hydrogen) atoms. The number of nitrogens with one attached hydrogen (secondary N) is 1. The van der Waals surface area contributed by atoms with Crippen molar-refractivity contribution >= 4 is 0 Å². The predicted octanol–water partition coefficient (Wildman–Crippen LogP) is 1.81. The van der Waals surface area contributed by atoms with Gasteiger partial charge in [0.1, 0.15) is 0 Å². The quantitative estimate of drug-likeness (QED) is 0.554. The Bertz CT molecular complexity index is 216. The molecule has 0 radical (unpaired) electrons. The Kier molecular flexibility index (Phi) is 10.3. The molecule has 1 N–H and O–H groups in total. The van der Waals surface area contributed by atoms with Crippen LogP contribution >= 0.6 is 0 Å². The minimum Gasteiger partial charge on any atom is -0.377 e. The highest BCUT2D eigenvalue weighted by molar-refractivity contribution is 4.68. The lowest BCUT2D eigenvalue weighted by molar-refractivity contribution is 0.109. The SMILES string of the molecule is CCN(CC)CCCN(CC)CCNCC1CCCO1. The molecule has 1 fully saturated rings. The van der Waals surface area contributed by atoms with Crippen molar-refractivity contribution in [3.05, 3.63) is 0 Å². The standard InChI is InChI=1S/C16H35N3O/c1-4-18(5-2)11-8-12-19(6-3)13-10-17-15-16-9-7-14-20-16/h16-17H,4-15H2,1-3H3. The van der Waals surface area contributed by atoms with Crippen LogP contribution in [0.15, 0.2) is 0 Å². The average Bonchev–Trinajstić information content (AvgIpc) is 2.99. The van der Waals surface area contributed by atoms with E-state index < -0.39 is 0 Å². The second kappa shape index (κ2) is 11.5. The Balaban J connectivity index is 2.00. The molecule has 0 aliphatic carbocycles. The number of rotatable bonds is 12. The topological polar surface area (TPSA) is 27.7 Å². The lowest BCUT2D eigenvalue weighted by Crippen LogP contribution is -2.36. The molecule has 120 valence electrons. The Morgan fingerprint density at radius 3 is 2.30 bits per heavy atom. The van der Waals surface area contributed by atoms with Gasteiger partial charge in [0, 0.05) is 26.2 Å². The average molecular weight is 285 g/mol. The molecule has 0 aromatic heterocycles. The van der Waals surface area contributed by atoms with Crippen molar-refractivity contribution in [2.24, 2.45) is 0 Å². The van der Waals surface area contributed by atoms with Crippen LogP contribution in [0, 0.1) is 0 Å². The summed E-state index contributed by atoms with van der Waals surface area (Å²) < 4.78 is 5.62. The summed E-state index contributed by atoms with van der Waals surface area (Å²) in [5.74, 6) is 0. The summed E-state index contributed by atoms with van der Waals surface area (Å²) >= 11 is 0. The smallest absolute Gasteiger partial charge is 0.0700 e. The number of likely N-dealkylation sites (N-methyl/N-ethyl adjacent to an activating group) is 1. The van der Waals surface area contributed by atoms with E-state index in [0.717, 1.165) is 32.8 Å². The third-order valence-corrected chi connectivity index (χ3v) is 4.29. The first-order chi connectivity index (χ1) is 9.80. The highest BCUT2D eigenvalue weighted by Gasteiger charge is 2.14. The fourth-order valence-corrected chi connectivity index (χ4v) is 2.79. The van der Waals surface area contributed by atoms with Crippen molar-refractivity contribution in [3.63, 3.8) is 0 Å². The van der Waals surface area contributed by atoms with Gasteiger partial charge >= 0.3 is 0 Å². The molecule has 1 atom stereocenters. The molecule has 4 nitrogen and oxygen atoms in total. The zero-order valence-corrected chi connectivity index (χ0v) is 13.9. The Hall–Kier alpha value is -0.160. The molecule has 0 bridgehead atoms. The molecule has 1 unspecified atom stereocenters. The van der Waals surface area contributed by atoms with E-state index >= 15 is 0 Å². The molecule has 0 amide bonds. The largest absolute Gasteiger partial charge is 0.377 e. The molecule has 0 spiro atoms. The second-order valence-electron chi connectivity index (χ2n) is 5.65. The third-order valence-electron chi connectivity index (χ3n) is 4.29. The molecule has 0 saturated carbocycles. The van der Waals surface area contributed by atoms with Crippen LogP contribution in [0.1, 0.15) is 40.0 Å². The van der Waals surface area contributed by atoms with E-state index in [-0.39, 0.29) is 0 Å². The van der Waals surface area contributed by atoms with Crippen LogP contribution in [-0.4, -0.2) is 74.9 Å². The Morgan fingerprint density at radius 2 is 1.70 bits per heavy atom. The van der Waals surface area contributed by atoms with E-state index in [9.17, 15) is 0 Å². The van der Waals surface area contributed by atoms with Crippen molar-refractivity contribution in [2.75, 3.05) is 59.0 Å². The number of hydrogen-bond acceptors (Lipinski definition) is 4. The zero-order valence-electron chi connectivity index (χ0n) is 13.9. The van der Waals surface area contributed by atoms with Crippen LogP contribution in [-0.2, 0) is 4.74 Å². The highest BCUT2D eigenvalue weighted by Crippen LogP contribution is 2.10. The predicted molar refractivity (Wildman–Crippen MR) is 86.4 cm³/mol. The lowest BCUT2D eigenvalue weighted by atomic mass is 10.2. The van der Waals surface area contributed by atoms with Gasteiger partial charge in [-0.1, -0.05) is 20.8 Å². The van der Waals surface area contributed by atoms with Gasteiger partial charge in [-0.2, -0.15) is 0 Å². The fourth-order valence-electron chi connectivity index (χ4n) is 2.79. The molecule has 1 aliphatic rings. The van der Waals surface area contributed by atoms with Gasteiger partial charge in [0.2, 0.25) is 0 Å². The first kappa shape index (κ1) is 17.9. The molecule has 1 rings (SSSR count). The maximum Gasteiger partial charge on any atom is 0.0700 e. The summed E-state index contributed by atoms with van der Waals surface area (Å²) in [6.45, 7) is 16.9. The number of nitrogens with zero attached hydrogens (tertiary/aromatic N) is 2. The minimum atomic E-state index is 0.466. The van der Waals surface area contributed by atoms with Crippen LogP contribution in [0.25, 0.3) is 0 Å². The summed E-state index contributed by atoms with van der Waals surface area (Å²) in [7, 11) is 0. The fraction of sp³-hybridized carbons (Fsp3) is 1.00. The normalized spacial score (nSPS) is 19.4. The minimum absolute atomic E-state index is 0.466. The molecule has 1 heterocycles. The molecule has 4 heteroatoms. The van der Waals surface area contributed by atoms with Crippen molar-refractivity contribution in [3.8, 4) is 0 Å². The summed E-state index contributed by atoms with van der Waals surface area (Å²) in [4.78, 5) is 5.05. The number of hydrogen-bond donors (Lipinski definition) is 1. The molecule has 1 saturated heterocycles. The van der Waals surface area contributed by atoms with Gasteiger partial charge in [-0.15, -0.1) is 0 Å². The van der Waals surface area contributed by atoms with Gasteiger partial charge in [-0.3, -0.25) is 0 Å². The third kappa shape index (κ3) is 7.58. The van der Waals surface area contributed by atoms with Gasteiger partial charge in [0.15, 0.2) is 0 Å². The summed E-state index contributed by atoms with van der Waals surface area (Å²) in [6, 6.07) is 0. The second-order valence-corrected chi connectivity index (χ2v) is 5.65. The maximum absolute atomic E-state index is 5.62.